The fourth-order valence-corrected chi connectivity index (χ4v) is 4.35. The minimum atomic E-state index is -4.62. The smallest absolute Gasteiger partial charge is 0.469 e. The summed E-state index contributed by atoms with van der Waals surface area (Å²) in [5, 5.41) is 0. The quantitative estimate of drug-likeness (QED) is 0.132. The van der Waals surface area contributed by atoms with Crippen molar-refractivity contribution in [1.29, 1.82) is 0 Å². The lowest BCUT2D eigenvalue weighted by Crippen LogP contribution is -2.33. The van der Waals surface area contributed by atoms with Crippen LogP contribution in [-0.2, 0) is 26.8 Å². The number of aryl methyl sites for hydroxylation is 1. The number of phosphoric acid groups is 1. The summed E-state index contributed by atoms with van der Waals surface area (Å²) in [6, 6.07) is 11.3. The Kier molecular flexibility index (Phi) is 17.3. The topological polar surface area (TPSA) is 153 Å². The molecule has 10 nitrogen and oxygen atoms in total. The highest BCUT2D eigenvalue weighted by Gasteiger charge is 2.18. The number of aromatic nitrogens is 1. The molecule has 39 heavy (non-hydrogen) atoms. The van der Waals surface area contributed by atoms with Crippen molar-refractivity contribution in [2.75, 3.05) is 26.9 Å². The van der Waals surface area contributed by atoms with Crippen molar-refractivity contribution in [1.82, 2.24) is 16.0 Å². The maximum Gasteiger partial charge on any atom is 0.469 e. The van der Waals surface area contributed by atoms with Crippen LogP contribution in [0.5, 0.6) is 11.6 Å². The molecule has 5 N–H and O–H groups in total. The van der Waals surface area contributed by atoms with Crippen LogP contribution in [-0.4, -0.2) is 52.4 Å². The van der Waals surface area contributed by atoms with E-state index in [1.54, 1.807) is 18.3 Å². The molecule has 0 aliphatic rings. The molecule has 0 spiro atoms. The zero-order chi connectivity index (χ0) is 27.6. The molecule has 1 amide bonds. The summed E-state index contributed by atoms with van der Waals surface area (Å²) in [6.07, 6.45) is 12.4. The first-order valence-electron chi connectivity index (χ1n) is 13.5. The first-order valence-corrected chi connectivity index (χ1v) is 15.0. The van der Waals surface area contributed by atoms with E-state index in [2.05, 4.69) is 16.4 Å². The van der Waals surface area contributed by atoms with Gasteiger partial charge in [0.05, 0.1) is 20.3 Å². The van der Waals surface area contributed by atoms with Crippen LogP contribution in [0.25, 0.3) is 0 Å². The second-order valence-corrected chi connectivity index (χ2v) is 10.6. The molecule has 0 saturated carbocycles. The van der Waals surface area contributed by atoms with Gasteiger partial charge in [-0.15, -0.1) is 0 Å². The van der Waals surface area contributed by atoms with Crippen molar-refractivity contribution in [3.63, 3.8) is 0 Å². The van der Waals surface area contributed by atoms with Crippen molar-refractivity contribution in [2.45, 2.75) is 77.7 Å². The fourth-order valence-electron chi connectivity index (χ4n) is 4.03. The van der Waals surface area contributed by atoms with E-state index in [0.717, 1.165) is 23.3 Å². The summed E-state index contributed by atoms with van der Waals surface area (Å²) in [6.45, 7) is 2.91. The number of methoxy groups -OCH3 is 1. The number of nitrogens with zero attached hydrogens (tertiary/aromatic N) is 2. The van der Waals surface area contributed by atoms with Gasteiger partial charge < -0.3 is 30.3 Å². The molecule has 0 saturated heterocycles. The highest BCUT2D eigenvalue weighted by atomic mass is 31.2. The second-order valence-electron chi connectivity index (χ2n) is 9.32. The van der Waals surface area contributed by atoms with Gasteiger partial charge in [0.25, 0.3) is 0 Å². The molecule has 0 aliphatic carbocycles. The van der Waals surface area contributed by atoms with Crippen molar-refractivity contribution in [2.24, 2.45) is 0 Å². The number of hydrogen-bond donors (Lipinski definition) is 3. The molecule has 0 aliphatic heterocycles. The number of carbonyl (C=O) groups is 1. The molecule has 0 bridgehead atoms. The van der Waals surface area contributed by atoms with Crippen molar-refractivity contribution < 1.29 is 33.1 Å². The number of unbranched alkanes of at least 4 members (excludes halogenated alkanes) is 7. The molecular formula is C28H46N3O7P. The predicted octanol–water partition coefficient (Wildman–Crippen LogP) is 5.84. The maximum atomic E-state index is 13.0. The molecular weight excluding hydrogens is 521 g/mol. The standard InChI is InChI=1S/C28H43N2O7P.H3N/c1-3-4-5-6-7-8-9-10-19-36-26-13-11-12-24(21-26)15-17-28(31)30(18-20-37-38(32,33)34)23-25-14-16-27(35-2)29-22-25;/h11-14,16,21-22H,3-10,15,17-20,23H2,1-2H3,(H2,32,33,34);1H3. The summed E-state index contributed by atoms with van der Waals surface area (Å²) in [7, 11) is -3.10. The fraction of sp³-hybridized carbons (Fsp3) is 0.571. The summed E-state index contributed by atoms with van der Waals surface area (Å²) >= 11 is 0. The van der Waals surface area contributed by atoms with Gasteiger partial charge in [-0.2, -0.15) is 0 Å². The highest BCUT2D eigenvalue weighted by molar-refractivity contribution is 7.46. The van der Waals surface area contributed by atoms with E-state index in [1.165, 1.54) is 57.0 Å². The van der Waals surface area contributed by atoms with Gasteiger partial charge in [0.1, 0.15) is 5.75 Å². The first kappa shape index (κ1) is 34.5. The summed E-state index contributed by atoms with van der Waals surface area (Å²) < 4.78 is 26.6. The van der Waals surface area contributed by atoms with Crippen molar-refractivity contribution in [3.8, 4) is 11.6 Å². The Morgan fingerprint density at radius 1 is 0.974 bits per heavy atom. The van der Waals surface area contributed by atoms with Gasteiger partial charge in [-0.1, -0.05) is 70.1 Å². The minimum absolute atomic E-state index is 0. The van der Waals surface area contributed by atoms with Gasteiger partial charge in [-0.25, -0.2) is 9.55 Å². The van der Waals surface area contributed by atoms with Gasteiger partial charge in [0.2, 0.25) is 11.8 Å². The molecule has 0 radical (unpaired) electrons. The number of phosphoric ester groups is 1. The molecule has 0 atom stereocenters. The first-order chi connectivity index (χ1) is 18.3. The van der Waals surface area contributed by atoms with E-state index in [0.29, 0.717) is 18.9 Å². The van der Waals surface area contributed by atoms with Crippen molar-refractivity contribution >= 4 is 13.7 Å². The molecule has 1 aromatic heterocycles. The van der Waals surface area contributed by atoms with E-state index >= 15 is 0 Å². The Morgan fingerprint density at radius 2 is 1.69 bits per heavy atom. The number of ether oxygens (including phenoxy) is 2. The number of rotatable bonds is 20. The molecule has 1 heterocycles. The number of benzene rings is 1. The number of carbonyl (C=O) groups excluding carboxylic acids is 1. The molecule has 1 aromatic carbocycles. The van der Waals surface area contributed by atoms with Crippen LogP contribution >= 0.6 is 7.82 Å². The normalized spacial score (nSPS) is 11.1. The Bertz CT molecular complexity index is 985. The lowest BCUT2D eigenvalue weighted by Gasteiger charge is -2.23. The van der Waals surface area contributed by atoms with Crippen molar-refractivity contribution in [3.05, 3.63) is 53.7 Å². The average Bonchev–Trinajstić information content (AvgIpc) is 2.90. The van der Waals surface area contributed by atoms with Crippen LogP contribution in [0.15, 0.2) is 42.6 Å². The molecule has 11 heteroatoms. The zero-order valence-corrected chi connectivity index (χ0v) is 24.3. The number of amides is 1. The lowest BCUT2D eigenvalue weighted by atomic mass is 10.1. The van der Waals surface area contributed by atoms with Gasteiger partial charge in [-0.05, 0) is 36.1 Å². The number of hydrogen-bond acceptors (Lipinski definition) is 7. The van der Waals surface area contributed by atoms with Crippen LogP contribution in [0.2, 0.25) is 0 Å². The second kappa shape index (κ2) is 19.6. The predicted molar refractivity (Wildman–Crippen MR) is 152 cm³/mol. The van der Waals surface area contributed by atoms with Gasteiger partial charge in [0, 0.05) is 31.8 Å². The summed E-state index contributed by atoms with van der Waals surface area (Å²) in [4.78, 5) is 36.7. The van der Waals surface area contributed by atoms with Crippen LogP contribution in [0.1, 0.15) is 75.8 Å². The summed E-state index contributed by atoms with van der Waals surface area (Å²) in [5.74, 6) is 1.11. The van der Waals surface area contributed by atoms with Gasteiger partial charge in [0.15, 0.2) is 0 Å². The molecule has 2 aromatic rings. The third-order valence-corrected chi connectivity index (χ3v) is 6.67. The Balaban J connectivity index is 0.00000760. The van der Waals surface area contributed by atoms with Gasteiger partial charge in [-0.3, -0.25) is 9.32 Å². The van der Waals surface area contributed by atoms with E-state index in [-0.39, 0.29) is 38.2 Å². The van der Waals surface area contributed by atoms with Gasteiger partial charge >= 0.3 is 7.82 Å². The van der Waals surface area contributed by atoms with E-state index in [4.69, 9.17) is 19.3 Å². The Morgan fingerprint density at radius 3 is 2.33 bits per heavy atom. The molecule has 220 valence electrons. The average molecular weight is 568 g/mol. The molecule has 2 rings (SSSR count). The largest absolute Gasteiger partial charge is 0.494 e. The third-order valence-electron chi connectivity index (χ3n) is 6.15. The highest BCUT2D eigenvalue weighted by Crippen LogP contribution is 2.35. The molecule has 0 fully saturated rings. The molecule has 0 unspecified atom stereocenters. The number of pyridine rings is 1. The Hall–Kier alpha value is -2.49. The monoisotopic (exact) mass is 567 g/mol. The van der Waals surface area contributed by atoms with E-state index in [9.17, 15) is 9.36 Å². The minimum Gasteiger partial charge on any atom is -0.494 e. The Labute approximate surface area is 232 Å². The third kappa shape index (κ3) is 15.6. The van der Waals surface area contributed by atoms with Crippen LogP contribution in [0.4, 0.5) is 0 Å². The van der Waals surface area contributed by atoms with E-state index < -0.39 is 7.82 Å². The van der Waals surface area contributed by atoms with Crippen LogP contribution in [0, 0.1) is 0 Å². The maximum absolute atomic E-state index is 13.0. The summed E-state index contributed by atoms with van der Waals surface area (Å²) in [5.41, 5.74) is 1.76. The SMILES string of the molecule is CCCCCCCCCCOc1cccc(CCC(=O)N(CCOP(=O)(O)O)Cc2ccc(OC)nc2)c1.N. The zero-order valence-electron chi connectivity index (χ0n) is 23.4. The lowest BCUT2D eigenvalue weighted by molar-refractivity contribution is -0.132. The van der Waals surface area contributed by atoms with E-state index in [1.807, 2.05) is 24.3 Å². The van der Waals surface area contributed by atoms with Crippen LogP contribution < -0.4 is 15.6 Å². The van der Waals surface area contributed by atoms with Crippen LogP contribution in [0.3, 0.4) is 0 Å².